The molecule has 1 aliphatic rings. The fourth-order valence-corrected chi connectivity index (χ4v) is 2.91. The zero-order valence-corrected chi connectivity index (χ0v) is 12.3. The molecule has 2 nitrogen and oxygen atoms in total. The second-order valence-corrected chi connectivity index (χ2v) is 5.63. The second-order valence-electron chi connectivity index (χ2n) is 5.63. The lowest BCUT2D eigenvalue weighted by Crippen LogP contribution is -2.17. The van der Waals surface area contributed by atoms with E-state index < -0.39 is 0 Å². The van der Waals surface area contributed by atoms with Gasteiger partial charge in [0.2, 0.25) is 0 Å². The molecule has 0 saturated heterocycles. The van der Waals surface area contributed by atoms with Gasteiger partial charge in [-0.25, -0.2) is 0 Å². The Kier molecular flexibility index (Phi) is 3.49. The lowest BCUT2D eigenvalue weighted by Gasteiger charge is -2.18. The van der Waals surface area contributed by atoms with Crippen molar-refractivity contribution in [1.82, 2.24) is 5.32 Å². The Labute approximate surface area is 120 Å². The molecular weight excluding hydrogens is 246 g/mol. The standard InChI is InChI=1S/C18H21NO/c1-12-4-6-14(7-5-12)18(19-3)15-8-9-17-16(11-15)10-13(2)20-17/h4-9,11,13,18-19H,10H2,1-3H3. The van der Waals surface area contributed by atoms with Crippen LogP contribution in [0.4, 0.5) is 0 Å². The highest BCUT2D eigenvalue weighted by Crippen LogP contribution is 2.32. The SMILES string of the molecule is CNC(c1ccc(C)cc1)c1ccc2c(c1)CC(C)O2. The Morgan fingerprint density at radius 2 is 1.80 bits per heavy atom. The first-order valence-corrected chi connectivity index (χ1v) is 7.20. The summed E-state index contributed by atoms with van der Waals surface area (Å²) in [6.45, 7) is 4.24. The molecular formula is C18H21NO. The molecule has 0 saturated carbocycles. The van der Waals surface area contributed by atoms with E-state index in [-0.39, 0.29) is 6.04 Å². The fraction of sp³-hybridized carbons (Fsp3) is 0.333. The van der Waals surface area contributed by atoms with E-state index in [1.54, 1.807) is 0 Å². The van der Waals surface area contributed by atoms with Crippen LogP contribution in [0.1, 0.15) is 35.2 Å². The average Bonchev–Trinajstić information content (AvgIpc) is 2.81. The zero-order chi connectivity index (χ0) is 14.1. The molecule has 1 aliphatic heterocycles. The van der Waals surface area contributed by atoms with Crippen LogP contribution in [0.15, 0.2) is 42.5 Å². The van der Waals surface area contributed by atoms with E-state index in [2.05, 4.69) is 61.6 Å². The first kappa shape index (κ1) is 13.2. The maximum Gasteiger partial charge on any atom is 0.123 e. The van der Waals surface area contributed by atoms with Crippen LogP contribution in [0.3, 0.4) is 0 Å². The van der Waals surface area contributed by atoms with Gasteiger partial charge in [-0.1, -0.05) is 42.0 Å². The molecule has 1 N–H and O–H groups in total. The van der Waals surface area contributed by atoms with Crippen molar-refractivity contribution in [2.75, 3.05) is 7.05 Å². The van der Waals surface area contributed by atoms with Gasteiger partial charge in [-0.3, -0.25) is 0 Å². The van der Waals surface area contributed by atoms with Gasteiger partial charge in [0.1, 0.15) is 11.9 Å². The molecule has 0 aromatic heterocycles. The number of rotatable bonds is 3. The molecule has 0 amide bonds. The number of ether oxygens (including phenoxy) is 1. The van der Waals surface area contributed by atoms with Crippen molar-refractivity contribution in [2.45, 2.75) is 32.4 Å². The van der Waals surface area contributed by atoms with E-state index >= 15 is 0 Å². The molecule has 2 unspecified atom stereocenters. The summed E-state index contributed by atoms with van der Waals surface area (Å²) in [7, 11) is 2.01. The molecule has 0 radical (unpaired) electrons. The van der Waals surface area contributed by atoms with Gasteiger partial charge in [-0.2, -0.15) is 0 Å². The van der Waals surface area contributed by atoms with Crippen molar-refractivity contribution in [3.63, 3.8) is 0 Å². The van der Waals surface area contributed by atoms with E-state index in [1.165, 1.54) is 22.3 Å². The van der Waals surface area contributed by atoms with E-state index in [4.69, 9.17) is 4.74 Å². The molecule has 20 heavy (non-hydrogen) atoms. The van der Waals surface area contributed by atoms with Gasteiger partial charge in [-0.15, -0.1) is 0 Å². The lowest BCUT2D eigenvalue weighted by molar-refractivity contribution is 0.254. The van der Waals surface area contributed by atoms with E-state index in [9.17, 15) is 0 Å². The molecule has 0 bridgehead atoms. The molecule has 0 spiro atoms. The predicted molar refractivity (Wildman–Crippen MR) is 82.3 cm³/mol. The van der Waals surface area contributed by atoms with Crippen LogP contribution in [0.25, 0.3) is 0 Å². The van der Waals surface area contributed by atoms with Crippen LogP contribution >= 0.6 is 0 Å². The normalized spacial score (nSPS) is 18.4. The summed E-state index contributed by atoms with van der Waals surface area (Å²) in [5.74, 6) is 1.04. The minimum atomic E-state index is 0.233. The summed E-state index contributed by atoms with van der Waals surface area (Å²) in [4.78, 5) is 0. The van der Waals surface area contributed by atoms with Crippen LogP contribution in [0.2, 0.25) is 0 Å². The van der Waals surface area contributed by atoms with Gasteiger partial charge in [0.15, 0.2) is 0 Å². The average molecular weight is 267 g/mol. The number of aryl methyl sites for hydroxylation is 1. The van der Waals surface area contributed by atoms with Gasteiger partial charge < -0.3 is 10.1 Å². The highest BCUT2D eigenvalue weighted by Gasteiger charge is 2.21. The number of benzene rings is 2. The molecule has 2 aromatic carbocycles. The summed E-state index contributed by atoms with van der Waals surface area (Å²) in [5.41, 5.74) is 5.21. The molecule has 2 atom stereocenters. The highest BCUT2D eigenvalue weighted by atomic mass is 16.5. The van der Waals surface area contributed by atoms with Gasteiger partial charge in [0, 0.05) is 6.42 Å². The largest absolute Gasteiger partial charge is 0.490 e. The Balaban J connectivity index is 1.94. The number of fused-ring (bicyclic) bond motifs is 1. The summed E-state index contributed by atoms with van der Waals surface area (Å²) < 4.78 is 5.78. The lowest BCUT2D eigenvalue weighted by atomic mass is 9.95. The number of hydrogen-bond donors (Lipinski definition) is 1. The van der Waals surface area contributed by atoms with Gasteiger partial charge in [-0.05, 0) is 43.7 Å². The third-order valence-electron chi connectivity index (χ3n) is 3.95. The second kappa shape index (κ2) is 5.29. The number of hydrogen-bond acceptors (Lipinski definition) is 2. The highest BCUT2D eigenvalue weighted by molar-refractivity contribution is 5.44. The molecule has 104 valence electrons. The van der Waals surface area contributed by atoms with Crippen molar-refractivity contribution in [1.29, 1.82) is 0 Å². The molecule has 0 aliphatic carbocycles. The zero-order valence-electron chi connectivity index (χ0n) is 12.3. The quantitative estimate of drug-likeness (QED) is 0.917. The Hall–Kier alpha value is -1.80. The van der Waals surface area contributed by atoms with Crippen molar-refractivity contribution in [2.24, 2.45) is 0 Å². The van der Waals surface area contributed by atoms with Gasteiger partial charge in [0.25, 0.3) is 0 Å². The topological polar surface area (TPSA) is 21.3 Å². The summed E-state index contributed by atoms with van der Waals surface area (Å²) in [6.07, 6.45) is 1.31. The van der Waals surface area contributed by atoms with Crippen LogP contribution in [0.5, 0.6) is 5.75 Å². The van der Waals surface area contributed by atoms with Crippen LogP contribution in [-0.4, -0.2) is 13.2 Å². The minimum Gasteiger partial charge on any atom is -0.490 e. The van der Waals surface area contributed by atoms with Crippen molar-refractivity contribution >= 4 is 0 Å². The molecule has 0 fully saturated rings. The predicted octanol–water partition coefficient (Wildman–Crippen LogP) is 3.63. The molecule has 3 rings (SSSR count). The third kappa shape index (κ3) is 2.44. The summed E-state index contributed by atoms with van der Waals surface area (Å²) >= 11 is 0. The van der Waals surface area contributed by atoms with Crippen molar-refractivity contribution in [3.05, 3.63) is 64.7 Å². The molecule has 1 heterocycles. The maximum atomic E-state index is 5.78. The van der Waals surface area contributed by atoms with Gasteiger partial charge >= 0.3 is 0 Å². The van der Waals surface area contributed by atoms with Gasteiger partial charge in [0.05, 0.1) is 6.04 Å². The van der Waals surface area contributed by atoms with Crippen molar-refractivity contribution in [3.8, 4) is 5.75 Å². The fourth-order valence-electron chi connectivity index (χ4n) is 2.91. The first-order valence-electron chi connectivity index (χ1n) is 7.20. The Bertz CT molecular complexity index is 603. The van der Waals surface area contributed by atoms with E-state index in [1.807, 2.05) is 7.05 Å². The number of nitrogens with one attached hydrogen (secondary N) is 1. The minimum absolute atomic E-state index is 0.233. The maximum absolute atomic E-state index is 5.78. The van der Waals surface area contributed by atoms with Crippen molar-refractivity contribution < 1.29 is 4.74 Å². The first-order chi connectivity index (χ1) is 9.67. The monoisotopic (exact) mass is 267 g/mol. The Morgan fingerprint density at radius 1 is 1.10 bits per heavy atom. The molecule has 2 aromatic rings. The van der Waals surface area contributed by atoms with Crippen LogP contribution in [-0.2, 0) is 6.42 Å². The van der Waals surface area contributed by atoms with Crippen LogP contribution in [0, 0.1) is 6.92 Å². The van der Waals surface area contributed by atoms with Crippen LogP contribution < -0.4 is 10.1 Å². The molecule has 2 heteroatoms. The Morgan fingerprint density at radius 3 is 2.50 bits per heavy atom. The van der Waals surface area contributed by atoms with E-state index in [0.29, 0.717) is 6.10 Å². The summed E-state index contributed by atoms with van der Waals surface area (Å²) in [5, 5.41) is 3.42. The summed E-state index contributed by atoms with van der Waals surface area (Å²) in [6, 6.07) is 15.5. The third-order valence-corrected chi connectivity index (χ3v) is 3.95. The smallest absolute Gasteiger partial charge is 0.123 e. The van der Waals surface area contributed by atoms with E-state index in [0.717, 1.165) is 12.2 Å².